The lowest BCUT2D eigenvalue weighted by atomic mass is 9.69. The van der Waals surface area contributed by atoms with Crippen LogP contribution in [-0.2, 0) is 29.8 Å². The molecule has 2 aromatic carbocycles. The van der Waals surface area contributed by atoms with E-state index in [0.29, 0.717) is 12.1 Å². The molecule has 3 aliphatic rings. The summed E-state index contributed by atoms with van der Waals surface area (Å²) in [6.45, 7) is -0.178. The lowest BCUT2D eigenvalue weighted by molar-refractivity contribution is -0.348. The minimum absolute atomic E-state index is 0.0307. The molecule has 8 nitrogen and oxygen atoms in total. The van der Waals surface area contributed by atoms with Gasteiger partial charge in [-0.15, -0.1) is 0 Å². The molecule has 1 saturated carbocycles. The number of nitrogens with one attached hydrogen (secondary N) is 2. The van der Waals surface area contributed by atoms with Gasteiger partial charge < -0.3 is 10.2 Å². The second-order valence-corrected chi connectivity index (χ2v) is 13.0. The van der Waals surface area contributed by atoms with Crippen LogP contribution in [0.5, 0.6) is 0 Å². The molecule has 0 bridgehead atoms. The van der Waals surface area contributed by atoms with Gasteiger partial charge in [-0.05, 0) is 49.1 Å². The van der Waals surface area contributed by atoms with Crippen molar-refractivity contribution in [1.82, 2.24) is 15.5 Å². The Kier molecular flexibility index (Phi) is 6.87. The predicted octanol–water partition coefficient (Wildman–Crippen LogP) is 4.00. The molecule has 232 valence electrons. The number of sulfone groups is 1. The van der Waals surface area contributed by atoms with Crippen LogP contribution in [0.1, 0.15) is 30.4 Å². The van der Waals surface area contributed by atoms with Crippen molar-refractivity contribution in [3.05, 3.63) is 65.5 Å². The number of nitrogens with zero attached hydrogens (tertiary/aromatic N) is 1. The van der Waals surface area contributed by atoms with Gasteiger partial charge in [0.1, 0.15) is 16.1 Å². The molecule has 4 amide bonds. The average Bonchev–Trinajstić information content (AvgIpc) is 3.43. The molecule has 1 atom stereocenters. The molecule has 0 aromatic heterocycles. The van der Waals surface area contributed by atoms with Gasteiger partial charge in [-0.25, -0.2) is 22.0 Å². The molecule has 2 N–H and O–H groups in total. The van der Waals surface area contributed by atoms with Crippen LogP contribution in [0.4, 0.5) is 39.9 Å². The highest BCUT2D eigenvalue weighted by Crippen LogP contribution is 2.57. The highest BCUT2D eigenvalue weighted by Gasteiger charge is 2.73. The largest absolute Gasteiger partial charge is 0.435 e. The summed E-state index contributed by atoms with van der Waals surface area (Å²) in [5, 5.41) is 4.53. The van der Waals surface area contributed by atoms with Crippen LogP contribution in [0, 0.1) is 11.7 Å². The summed E-state index contributed by atoms with van der Waals surface area (Å²) in [6.07, 6.45) is -13.7. The fourth-order valence-corrected chi connectivity index (χ4v) is 8.16. The van der Waals surface area contributed by atoms with Crippen LogP contribution < -0.4 is 10.6 Å². The number of alkyl halides is 7. The maximum absolute atomic E-state index is 14.6. The number of hydrogen-bond donors (Lipinski definition) is 2. The van der Waals surface area contributed by atoms with E-state index in [0.717, 1.165) is 24.3 Å². The maximum Gasteiger partial charge on any atom is 0.435 e. The SMILES string of the molecule is O=C1NC(=O)C2(CCN(C(=O)C3CC(c4ccc(C(F)(C(F)(F)F)C(F)(F)F)cc4)(S(=O)(=O)c4ccc(F)cc4)C3)C2)N1. The van der Waals surface area contributed by atoms with E-state index in [1.165, 1.54) is 4.90 Å². The molecule has 2 saturated heterocycles. The Bertz CT molecular complexity index is 1570. The summed E-state index contributed by atoms with van der Waals surface area (Å²) in [7, 11) is -4.56. The van der Waals surface area contributed by atoms with Crippen molar-refractivity contribution in [2.75, 3.05) is 13.1 Å². The fourth-order valence-electron chi connectivity index (χ4n) is 5.92. The van der Waals surface area contributed by atoms with Crippen LogP contribution in [0.3, 0.4) is 0 Å². The van der Waals surface area contributed by atoms with E-state index in [4.69, 9.17) is 0 Å². The summed E-state index contributed by atoms with van der Waals surface area (Å²) in [5.41, 5.74) is -9.24. The minimum atomic E-state index is -6.39. The second-order valence-electron chi connectivity index (χ2n) is 10.8. The van der Waals surface area contributed by atoms with Crippen molar-refractivity contribution in [3.63, 3.8) is 0 Å². The number of carbonyl (C=O) groups excluding carboxylic acids is 3. The highest BCUT2D eigenvalue weighted by molar-refractivity contribution is 7.92. The second kappa shape index (κ2) is 9.62. The Balaban J connectivity index is 1.49. The van der Waals surface area contributed by atoms with Gasteiger partial charge in [0.15, 0.2) is 9.84 Å². The lowest BCUT2D eigenvalue weighted by Gasteiger charge is -2.47. The predicted molar refractivity (Wildman–Crippen MR) is 130 cm³/mol. The van der Waals surface area contributed by atoms with E-state index < -0.39 is 91.0 Å². The number of amides is 4. The van der Waals surface area contributed by atoms with E-state index in [1.807, 2.05) is 0 Å². The quantitative estimate of drug-likeness (QED) is 0.292. The standard InChI is InChI=1S/C26H21F8N3O5S/c27-17-5-7-18(8-6-17)43(41,42)23(15-1-3-16(4-2-15)24(28,25(29,30)31)26(32,33)34)11-14(12-23)19(38)37-10-9-22(13-37)20(39)35-21(40)36-22/h1-8,14H,9-13H2,(H2,35,36,39,40). The first-order valence-electron chi connectivity index (χ1n) is 12.6. The lowest BCUT2D eigenvalue weighted by Crippen LogP contribution is -2.55. The molecule has 2 aromatic rings. The normalized spacial score (nSPS) is 26.3. The first-order valence-corrected chi connectivity index (χ1v) is 14.1. The van der Waals surface area contributed by atoms with Gasteiger partial charge in [-0.3, -0.25) is 14.9 Å². The molecule has 1 unspecified atom stereocenters. The van der Waals surface area contributed by atoms with Crippen LogP contribution in [0.15, 0.2) is 53.4 Å². The van der Waals surface area contributed by atoms with Crippen molar-refractivity contribution < 1.29 is 57.9 Å². The van der Waals surface area contributed by atoms with Crippen LogP contribution >= 0.6 is 0 Å². The topological polar surface area (TPSA) is 113 Å². The summed E-state index contributed by atoms with van der Waals surface area (Å²) in [4.78, 5) is 38.0. The van der Waals surface area contributed by atoms with Crippen molar-refractivity contribution in [2.24, 2.45) is 5.92 Å². The van der Waals surface area contributed by atoms with Gasteiger partial charge in [-0.1, -0.05) is 24.3 Å². The van der Waals surface area contributed by atoms with Gasteiger partial charge in [0.2, 0.25) is 5.91 Å². The maximum atomic E-state index is 14.6. The van der Waals surface area contributed by atoms with E-state index in [9.17, 15) is 57.9 Å². The Morgan fingerprint density at radius 3 is 1.93 bits per heavy atom. The molecule has 1 aliphatic carbocycles. The Labute approximate surface area is 238 Å². The number of likely N-dealkylation sites (tertiary alicyclic amines) is 1. The van der Waals surface area contributed by atoms with E-state index in [1.54, 1.807) is 0 Å². The zero-order valence-electron chi connectivity index (χ0n) is 21.7. The van der Waals surface area contributed by atoms with Gasteiger partial charge >= 0.3 is 24.1 Å². The van der Waals surface area contributed by atoms with Crippen molar-refractivity contribution in [2.45, 2.75) is 52.5 Å². The third-order valence-corrected chi connectivity index (χ3v) is 10.8. The molecule has 1 spiro atoms. The van der Waals surface area contributed by atoms with Crippen molar-refractivity contribution >= 4 is 27.7 Å². The highest BCUT2D eigenvalue weighted by atomic mass is 32.2. The Hall–Kier alpha value is -3.76. The molecule has 3 fully saturated rings. The van der Waals surface area contributed by atoms with Gasteiger partial charge in [-0.2, -0.15) is 26.3 Å². The number of carbonyl (C=O) groups is 3. The number of halogens is 8. The number of rotatable bonds is 5. The number of benzene rings is 2. The molecular weight excluding hydrogens is 618 g/mol. The summed E-state index contributed by atoms with van der Waals surface area (Å²) < 4.78 is 133. The molecule has 17 heteroatoms. The van der Waals surface area contributed by atoms with Crippen molar-refractivity contribution in [1.29, 1.82) is 0 Å². The summed E-state index contributed by atoms with van der Waals surface area (Å²) in [6, 6.07) is 4.41. The molecule has 43 heavy (non-hydrogen) atoms. The summed E-state index contributed by atoms with van der Waals surface area (Å²) in [5.74, 6) is -3.04. The smallest absolute Gasteiger partial charge is 0.339 e. The molecule has 5 rings (SSSR count). The number of hydrogen-bond acceptors (Lipinski definition) is 5. The third kappa shape index (κ3) is 4.53. The minimum Gasteiger partial charge on any atom is -0.339 e. The monoisotopic (exact) mass is 639 g/mol. The molecule has 0 radical (unpaired) electrons. The fraction of sp³-hybridized carbons (Fsp3) is 0.423. The van der Waals surface area contributed by atoms with Crippen LogP contribution in [0.2, 0.25) is 0 Å². The Morgan fingerprint density at radius 1 is 0.884 bits per heavy atom. The molecule has 2 aliphatic heterocycles. The molecular formula is C26H21F8N3O5S. The number of urea groups is 1. The van der Waals surface area contributed by atoms with Crippen LogP contribution in [0.25, 0.3) is 0 Å². The first-order chi connectivity index (χ1) is 19.8. The van der Waals surface area contributed by atoms with Gasteiger partial charge in [0, 0.05) is 18.0 Å². The van der Waals surface area contributed by atoms with Gasteiger partial charge in [0.05, 0.1) is 11.4 Å². The van der Waals surface area contributed by atoms with Crippen LogP contribution in [-0.4, -0.2) is 62.1 Å². The van der Waals surface area contributed by atoms with E-state index in [-0.39, 0.29) is 37.2 Å². The Morgan fingerprint density at radius 2 is 1.44 bits per heavy atom. The first kappa shape index (κ1) is 30.7. The third-order valence-electron chi connectivity index (χ3n) is 8.33. The van der Waals surface area contributed by atoms with Crippen molar-refractivity contribution in [3.8, 4) is 0 Å². The summed E-state index contributed by atoms with van der Waals surface area (Å²) >= 11 is 0. The zero-order chi connectivity index (χ0) is 31.8. The molecule has 2 heterocycles. The van der Waals surface area contributed by atoms with E-state index in [2.05, 4.69) is 10.6 Å². The zero-order valence-corrected chi connectivity index (χ0v) is 22.5. The average molecular weight is 640 g/mol. The van der Waals surface area contributed by atoms with E-state index >= 15 is 0 Å². The number of imide groups is 1. The van der Waals surface area contributed by atoms with Gasteiger partial charge in [0.25, 0.3) is 5.91 Å².